The number of aliphatic carboxylic acids is 1. The van der Waals surface area contributed by atoms with E-state index in [-0.39, 0.29) is 17.7 Å². The first-order chi connectivity index (χ1) is 16.0. The predicted molar refractivity (Wildman–Crippen MR) is 134 cm³/mol. The second-order valence-electron chi connectivity index (χ2n) is 7.61. The van der Waals surface area contributed by atoms with Crippen molar-refractivity contribution in [3.8, 4) is 22.0 Å². The van der Waals surface area contributed by atoms with E-state index < -0.39 is 11.2 Å². The van der Waals surface area contributed by atoms with E-state index in [1.807, 2.05) is 72.3 Å². The summed E-state index contributed by atoms with van der Waals surface area (Å²) in [4.78, 5) is 35.7. The quantitative estimate of drug-likeness (QED) is 0.362. The SMILES string of the molecule is Cc1ccc(C2SC(CC(=O)O)C(=O)N2c2nc(-c3nc(-c4ccccc4)cs3)cs2)cc1. The lowest BCUT2D eigenvalue weighted by molar-refractivity contribution is -0.138. The molecule has 1 amide bonds. The summed E-state index contributed by atoms with van der Waals surface area (Å²) in [6.07, 6.45) is -0.215. The zero-order valence-corrected chi connectivity index (χ0v) is 20.0. The highest BCUT2D eigenvalue weighted by atomic mass is 32.2. The van der Waals surface area contributed by atoms with Gasteiger partial charge in [-0.1, -0.05) is 60.2 Å². The number of carbonyl (C=O) groups excluding carboxylic acids is 1. The van der Waals surface area contributed by atoms with E-state index in [9.17, 15) is 14.7 Å². The minimum atomic E-state index is -0.985. The summed E-state index contributed by atoms with van der Waals surface area (Å²) in [6.45, 7) is 2.01. The second kappa shape index (κ2) is 9.09. The zero-order valence-electron chi connectivity index (χ0n) is 17.5. The van der Waals surface area contributed by atoms with Crippen LogP contribution in [-0.4, -0.2) is 32.2 Å². The first-order valence-corrected chi connectivity index (χ1v) is 12.9. The van der Waals surface area contributed by atoms with Crippen molar-refractivity contribution in [2.45, 2.75) is 24.0 Å². The third-order valence-corrected chi connectivity index (χ3v) is 8.40. The fourth-order valence-corrected chi connectivity index (χ4v) is 6.79. The molecule has 33 heavy (non-hydrogen) atoms. The number of thiazole rings is 2. The molecule has 1 fully saturated rings. The van der Waals surface area contributed by atoms with Crippen LogP contribution in [0.4, 0.5) is 5.13 Å². The Morgan fingerprint density at radius 3 is 2.45 bits per heavy atom. The van der Waals surface area contributed by atoms with E-state index in [1.54, 1.807) is 4.90 Å². The molecule has 1 N–H and O–H groups in total. The first kappa shape index (κ1) is 21.8. The van der Waals surface area contributed by atoms with Gasteiger partial charge in [-0.2, -0.15) is 0 Å². The van der Waals surface area contributed by atoms with Gasteiger partial charge < -0.3 is 5.11 Å². The van der Waals surface area contributed by atoms with Gasteiger partial charge in [0.25, 0.3) is 0 Å². The molecule has 0 bridgehead atoms. The van der Waals surface area contributed by atoms with Gasteiger partial charge in [-0.3, -0.25) is 14.5 Å². The van der Waals surface area contributed by atoms with Crippen LogP contribution in [-0.2, 0) is 9.59 Å². The molecule has 5 rings (SSSR count). The van der Waals surface area contributed by atoms with Crippen molar-refractivity contribution in [1.29, 1.82) is 0 Å². The van der Waals surface area contributed by atoms with Crippen LogP contribution >= 0.6 is 34.4 Å². The van der Waals surface area contributed by atoms with Gasteiger partial charge >= 0.3 is 5.97 Å². The number of hydrogen-bond donors (Lipinski definition) is 1. The van der Waals surface area contributed by atoms with Crippen molar-refractivity contribution >= 4 is 51.4 Å². The Kier molecular flexibility index (Phi) is 6.01. The summed E-state index contributed by atoms with van der Waals surface area (Å²) in [5.74, 6) is -1.21. The van der Waals surface area contributed by atoms with Gasteiger partial charge in [-0.25, -0.2) is 9.97 Å². The number of rotatable bonds is 6. The minimum Gasteiger partial charge on any atom is -0.481 e. The van der Waals surface area contributed by atoms with Gasteiger partial charge in [0, 0.05) is 16.3 Å². The summed E-state index contributed by atoms with van der Waals surface area (Å²) in [7, 11) is 0. The molecule has 0 spiro atoms. The average molecular weight is 494 g/mol. The molecule has 9 heteroatoms. The Bertz CT molecular complexity index is 1300. The van der Waals surface area contributed by atoms with E-state index >= 15 is 0 Å². The Labute approximate surface area is 203 Å². The highest BCUT2D eigenvalue weighted by molar-refractivity contribution is 8.01. The number of carboxylic acids is 1. The van der Waals surface area contributed by atoms with Gasteiger partial charge in [0.1, 0.15) is 16.1 Å². The van der Waals surface area contributed by atoms with Crippen LogP contribution in [0.2, 0.25) is 0 Å². The molecule has 4 aromatic rings. The highest BCUT2D eigenvalue weighted by Crippen LogP contribution is 2.48. The van der Waals surface area contributed by atoms with Gasteiger partial charge in [0.05, 0.1) is 17.4 Å². The number of carboxylic acid groups (broad SMARTS) is 1. The van der Waals surface area contributed by atoms with E-state index in [2.05, 4.69) is 0 Å². The molecule has 1 saturated heterocycles. The van der Waals surface area contributed by atoms with Crippen LogP contribution < -0.4 is 4.90 Å². The van der Waals surface area contributed by atoms with E-state index in [0.717, 1.165) is 27.4 Å². The molecule has 2 unspecified atom stereocenters. The summed E-state index contributed by atoms with van der Waals surface area (Å²) in [5, 5.41) is 13.6. The first-order valence-electron chi connectivity index (χ1n) is 10.2. The van der Waals surface area contributed by atoms with Gasteiger partial charge in [-0.05, 0) is 12.5 Å². The predicted octanol–water partition coefficient (Wildman–Crippen LogP) is 5.86. The Hall–Kier alpha value is -3.01. The van der Waals surface area contributed by atoms with Crippen LogP contribution in [0.25, 0.3) is 22.0 Å². The summed E-state index contributed by atoms with van der Waals surface area (Å²) in [6, 6.07) is 17.9. The lowest BCUT2D eigenvalue weighted by atomic mass is 10.1. The number of carbonyl (C=O) groups is 2. The average Bonchev–Trinajstić information content (AvgIpc) is 3.54. The van der Waals surface area contributed by atoms with Crippen molar-refractivity contribution < 1.29 is 14.7 Å². The molecule has 6 nitrogen and oxygen atoms in total. The lowest BCUT2D eigenvalue weighted by Gasteiger charge is -2.21. The Balaban J connectivity index is 1.47. The Morgan fingerprint density at radius 1 is 1.00 bits per heavy atom. The molecule has 0 aliphatic carbocycles. The second-order valence-corrected chi connectivity index (χ2v) is 10.6. The molecule has 2 aromatic carbocycles. The van der Waals surface area contributed by atoms with Crippen LogP contribution in [0.15, 0.2) is 65.4 Å². The molecular weight excluding hydrogens is 474 g/mol. The third kappa shape index (κ3) is 4.44. The fourth-order valence-electron chi connectivity index (χ4n) is 3.60. The normalized spacial score (nSPS) is 18.1. The number of amides is 1. The van der Waals surface area contributed by atoms with Crippen molar-refractivity contribution in [2.24, 2.45) is 0 Å². The third-order valence-electron chi connectivity index (χ3n) is 5.25. The summed E-state index contributed by atoms with van der Waals surface area (Å²) in [5.41, 5.74) is 4.71. The van der Waals surface area contributed by atoms with Crippen molar-refractivity contribution in [2.75, 3.05) is 4.90 Å². The zero-order chi connectivity index (χ0) is 22.9. The summed E-state index contributed by atoms with van der Waals surface area (Å²) < 4.78 is 0. The maximum Gasteiger partial charge on any atom is 0.305 e. The standard InChI is InChI=1S/C24H19N3O3S3/c1-14-7-9-16(10-8-14)23-27(22(30)19(33-23)11-20(28)29)24-26-18(13-32-24)21-25-17(12-31-21)15-5-3-2-4-6-15/h2-10,12-13,19,23H,11H2,1H3,(H,28,29). The highest BCUT2D eigenvalue weighted by Gasteiger charge is 2.44. The van der Waals surface area contributed by atoms with Crippen molar-refractivity contribution in [3.05, 3.63) is 76.5 Å². The molecule has 3 heterocycles. The Morgan fingerprint density at radius 2 is 1.73 bits per heavy atom. The molecule has 166 valence electrons. The van der Waals surface area contributed by atoms with Crippen LogP contribution in [0.1, 0.15) is 22.9 Å². The molecule has 2 atom stereocenters. The number of aryl methyl sites for hydroxylation is 1. The van der Waals surface area contributed by atoms with E-state index in [1.165, 1.54) is 34.4 Å². The molecule has 1 aliphatic rings. The molecule has 2 aromatic heterocycles. The maximum absolute atomic E-state index is 13.2. The monoisotopic (exact) mass is 493 g/mol. The number of anilines is 1. The molecule has 1 aliphatic heterocycles. The summed E-state index contributed by atoms with van der Waals surface area (Å²) >= 11 is 4.25. The fraction of sp³-hybridized carbons (Fsp3) is 0.167. The minimum absolute atomic E-state index is 0.215. The number of hydrogen-bond acceptors (Lipinski definition) is 7. The van der Waals surface area contributed by atoms with E-state index in [4.69, 9.17) is 9.97 Å². The number of benzene rings is 2. The molecule has 0 radical (unpaired) electrons. The van der Waals surface area contributed by atoms with Crippen LogP contribution in [0, 0.1) is 6.92 Å². The van der Waals surface area contributed by atoms with Crippen molar-refractivity contribution in [3.63, 3.8) is 0 Å². The van der Waals surface area contributed by atoms with Gasteiger partial charge in [0.15, 0.2) is 5.13 Å². The molecular formula is C24H19N3O3S3. The van der Waals surface area contributed by atoms with Crippen LogP contribution in [0.3, 0.4) is 0 Å². The largest absolute Gasteiger partial charge is 0.481 e. The van der Waals surface area contributed by atoms with Crippen LogP contribution in [0.5, 0.6) is 0 Å². The maximum atomic E-state index is 13.2. The van der Waals surface area contributed by atoms with Crippen molar-refractivity contribution in [1.82, 2.24) is 9.97 Å². The molecule has 0 saturated carbocycles. The number of nitrogens with zero attached hydrogens (tertiary/aromatic N) is 3. The van der Waals surface area contributed by atoms with Gasteiger partial charge in [0.2, 0.25) is 5.91 Å². The van der Waals surface area contributed by atoms with E-state index in [0.29, 0.717) is 10.8 Å². The smallest absolute Gasteiger partial charge is 0.305 e. The van der Waals surface area contributed by atoms with Gasteiger partial charge in [-0.15, -0.1) is 34.4 Å². The lowest BCUT2D eigenvalue weighted by Crippen LogP contribution is -2.31. The topological polar surface area (TPSA) is 83.4 Å². The number of thioether (sulfide) groups is 1. The number of aromatic nitrogens is 2.